The van der Waals surface area contributed by atoms with Crippen LogP contribution in [0.4, 0.5) is 0 Å². The van der Waals surface area contributed by atoms with E-state index in [1.165, 1.54) is 4.90 Å². The maximum absolute atomic E-state index is 12.5. The highest BCUT2D eigenvalue weighted by molar-refractivity contribution is 5.85. The van der Waals surface area contributed by atoms with Crippen LogP contribution in [0.15, 0.2) is 36.4 Å². The number of carbonyl (C=O) groups excluding carboxylic acids is 1. The predicted molar refractivity (Wildman–Crippen MR) is 77.6 cm³/mol. The molecule has 2 atom stereocenters. The number of rotatable bonds is 4. The molecule has 0 unspecified atom stereocenters. The second kappa shape index (κ2) is 6.43. The molecule has 0 saturated carbocycles. The van der Waals surface area contributed by atoms with Crippen LogP contribution in [-0.4, -0.2) is 34.0 Å². The Hall–Kier alpha value is -2.30. The van der Waals surface area contributed by atoms with Gasteiger partial charge in [0.05, 0.1) is 11.8 Å². The molecule has 5 heteroatoms. The molecular weight excluding hydrogens is 270 g/mol. The lowest BCUT2D eigenvalue weighted by Gasteiger charge is -2.28. The number of carbonyl (C=O) groups is 2. The van der Waals surface area contributed by atoms with E-state index in [1.807, 2.05) is 18.2 Å². The number of phenols is 1. The van der Waals surface area contributed by atoms with E-state index in [9.17, 15) is 19.8 Å². The Bertz CT molecular complexity index is 567. The molecule has 0 heterocycles. The van der Waals surface area contributed by atoms with Gasteiger partial charge in [0.2, 0.25) is 5.91 Å². The number of aliphatic carboxylic acids is 1. The number of phenolic OH excluding ortho intramolecular Hbond substituents is 1. The Kier molecular flexibility index (Phi) is 4.62. The van der Waals surface area contributed by atoms with E-state index < -0.39 is 17.8 Å². The highest BCUT2D eigenvalue weighted by Gasteiger charge is 2.35. The summed E-state index contributed by atoms with van der Waals surface area (Å²) in [5, 5.41) is 18.7. The first-order valence-corrected chi connectivity index (χ1v) is 6.89. The average molecular weight is 289 g/mol. The second-order valence-corrected chi connectivity index (χ2v) is 5.36. The first-order valence-electron chi connectivity index (χ1n) is 6.89. The number of amides is 1. The van der Waals surface area contributed by atoms with Crippen molar-refractivity contribution in [2.75, 3.05) is 7.05 Å². The van der Waals surface area contributed by atoms with Gasteiger partial charge in [-0.15, -0.1) is 0 Å². The molecule has 0 aliphatic heterocycles. The van der Waals surface area contributed by atoms with Crippen LogP contribution in [0.1, 0.15) is 18.4 Å². The zero-order chi connectivity index (χ0) is 15.4. The fraction of sp³-hybridized carbons (Fsp3) is 0.375. The van der Waals surface area contributed by atoms with Crippen LogP contribution in [0.2, 0.25) is 0 Å². The van der Waals surface area contributed by atoms with Crippen LogP contribution in [0, 0.1) is 11.8 Å². The third-order valence-electron chi connectivity index (χ3n) is 3.77. The van der Waals surface area contributed by atoms with Gasteiger partial charge in [0.25, 0.3) is 0 Å². The van der Waals surface area contributed by atoms with Crippen molar-refractivity contribution in [3.8, 4) is 5.75 Å². The van der Waals surface area contributed by atoms with E-state index in [1.54, 1.807) is 25.2 Å². The smallest absolute Gasteiger partial charge is 0.307 e. The lowest BCUT2D eigenvalue weighted by Crippen LogP contribution is -2.39. The largest absolute Gasteiger partial charge is 0.508 e. The monoisotopic (exact) mass is 289 g/mol. The number of allylic oxidation sites excluding steroid dienone is 2. The van der Waals surface area contributed by atoms with E-state index in [2.05, 4.69) is 0 Å². The highest BCUT2D eigenvalue weighted by atomic mass is 16.4. The van der Waals surface area contributed by atoms with E-state index in [4.69, 9.17) is 0 Å². The molecular formula is C16H19NO4. The fourth-order valence-electron chi connectivity index (χ4n) is 2.65. The Morgan fingerprint density at radius 1 is 1.24 bits per heavy atom. The number of nitrogens with zero attached hydrogens (tertiary/aromatic N) is 1. The summed E-state index contributed by atoms with van der Waals surface area (Å²) in [4.78, 5) is 25.2. The molecule has 1 aliphatic rings. The molecule has 21 heavy (non-hydrogen) atoms. The zero-order valence-corrected chi connectivity index (χ0v) is 11.9. The van der Waals surface area contributed by atoms with Crippen LogP contribution in [-0.2, 0) is 16.1 Å². The van der Waals surface area contributed by atoms with Crippen LogP contribution in [0.3, 0.4) is 0 Å². The summed E-state index contributed by atoms with van der Waals surface area (Å²) < 4.78 is 0. The van der Waals surface area contributed by atoms with Gasteiger partial charge in [0.15, 0.2) is 0 Å². The Labute approximate surface area is 123 Å². The van der Waals surface area contributed by atoms with Crippen molar-refractivity contribution in [2.24, 2.45) is 11.8 Å². The summed E-state index contributed by atoms with van der Waals surface area (Å²) in [6, 6.07) is 6.70. The van der Waals surface area contributed by atoms with Gasteiger partial charge in [-0.3, -0.25) is 9.59 Å². The van der Waals surface area contributed by atoms with Gasteiger partial charge in [-0.25, -0.2) is 0 Å². The zero-order valence-electron chi connectivity index (χ0n) is 11.9. The standard InChI is InChI=1S/C16H19NO4/c1-17(10-11-5-4-6-12(18)9-11)15(19)13-7-2-3-8-14(13)16(20)21/h2-6,9,13-14,18H,7-8,10H2,1H3,(H,20,21)/t13-,14+/m1/s1. The average Bonchev–Trinajstić information content (AvgIpc) is 2.46. The maximum atomic E-state index is 12.5. The lowest BCUT2D eigenvalue weighted by molar-refractivity contribution is -0.150. The van der Waals surface area contributed by atoms with Crippen molar-refractivity contribution in [3.63, 3.8) is 0 Å². The minimum absolute atomic E-state index is 0.150. The summed E-state index contributed by atoms with van der Waals surface area (Å²) in [6.45, 7) is 0.347. The summed E-state index contributed by atoms with van der Waals surface area (Å²) >= 11 is 0. The number of hydrogen-bond donors (Lipinski definition) is 2. The summed E-state index contributed by atoms with van der Waals surface area (Å²) in [7, 11) is 1.66. The summed E-state index contributed by atoms with van der Waals surface area (Å²) in [5.41, 5.74) is 0.809. The van der Waals surface area contributed by atoms with Crippen LogP contribution < -0.4 is 0 Å². The normalized spacial score (nSPS) is 21.0. The molecule has 1 amide bonds. The molecule has 0 saturated heterocycles. The van der Waals surface area contributed by atoms with Gasteiger partial charge >= 0.3 is 5.97 Å². The Morgan fingerprint density at radius 2 is 1.90 bits per heavy atom. The van der Waals surface area contributed by atoms with Gasteiger partial charge in [0, 0.05) is 13.6 Å². The maximum Gasteiger partial charge on any atom is 0.307 e. The predicted octanol–water partition coefficient (Wildman–Crippen LogP) is 2.02. The van der Waals surface area contributed by atoms with Crippen molar-refractivity contribution < 1.29 is 19.8 Å². The minimum atomic E-state index is -0.927. The molecule has 1 aromatic rings. The van der Waals surface area contributed by atoms with E-state index in [0.717, 1.165) is 5.56 Å². The molecule has 0 bridgehead atoms. The molecule has 112 valence electrons. The van der Waals surface area contributed by atoms with Gasteiger partial charge in [-0.05, 0) is 30.5 Å². The highest BCUT2D eigenvalue weighted by Crippen LogP contribution is 2.28. The number of aromatic hydroxyl groups is 1. The van der Waals surface area contributed by atoms with Gasteiger partial charge in [-0.2, -0.15) is 0 Å². The van der Waals surface area contributed by atoms with Gasteiger partial charge in [0.1, 0.15) is 5.75 Å². The summed E-state index contributed by atoms with van der Waals surface area (Å²) in [6.07, 6.45) is 4.54. The number of benzene rings is 1. The first kappa shape index (κ1) is 15.1. The molecule has 0 aromatic heterocycles. The van der Waals surface area contributed by atoms with Crippen molar-refractivity contribution >= 4 is 11.9 Å². The van der Waals surface area contributed by atoms with Crippen molar-refractivity contribution in [1.29, 1.82) is 0 Å². The van der Waals surface area contributed by atoms with Crippen LogP contribution in [0.25, 0.3) is 0 Å². The van der Waals surface area contributed by atoms with Crippen LogP contribution >= 0.6 is 0 Å². The quantitative estimate of drug-likeness (QED) is 0.831. The molecule has 1 aromatic carbocycles. The topological polar surface area (TPSA) is 77.8 Å². The number of hydrogen-bond acceptors (Lipinski definition) is 3. The van der Waals surface area contributed by atoms with Crippen molar-refractivity contribution in [3.05, 3.63) is 42.0 Å². The molecule has 0 radical (unpaired) electrons. The molecule has 0 fully saturated rings. The molecule has 5 nitrogen and oxygen atoms in total. The minimum Gasteiger partial charge on any atom is -0.508 e. The first-order chi connectivity index (χ1) is 9.99. The number of carboxylic acid groups (broad SMARTS) is 1. The van der Waals surface area contributed by atoms with E-state index in [-0.39, 0.29) is 11.7 Å². The van der Waals surface area contributed by atoms with Crippen LogP contribution in [0.5, 0.6) is 5.75 Å². The fourth-order valence-corrected chi connectivity index (χ4v) is 2.65. The second-order valence-electron chi connectivity index (χ2n) is 5.36. The lowest BCUT2D eigenvalue weighted by atomic mass is 9.82. The van der Waals surface area contributed by atoms with Crippen molar-refractivity contribution in [2.45, 2.75) is 19.4 Å². The molecule has 2 rings (SSSR count). The van der Waals surface area contributed by atoms with E-state index >= 15 is 0 Å². The Balaban J connectivity index is 2.07. The molecule has 0 spiro atoms. The van der Waals surface area contributed by atoms with Crippen molar-refractivity contribution in [1.82, 2.24) is 4.90 Å². The third-order valence-corrected chi connectivity index (χ3v) is 3.77. The summed E-state index contributed by atoms with van der Waals surface area (Å²) in [5.74, 6) is -2.13. The third kappa shape index (κ3) is 3.62. The van der Waals surface area contributed by atoms with Gasteiger partial charge < -0.3 is 15.1 Å². The SMILES string of the molecule is CN(Cc1cccc(O)c1)C(=O)[C@@H]1CC=CC[C@@H]1C(=O)O. The molecule has 1 aliphatic carbocycles. The van der Waals surface area contributed by atoms with Gasteiger partial charge in [-0.1, -0.05) is 24.3 Å². The molecule has 2 N–H and O–H groups in total. The van der Waals surface area contributed by atoms with E-state index in [0.29, 0.717) is 19.4 Å². The Morgan fingerprint density at radius 3 is 2.52 bits per heavy atom. The number of carboxylic acids is 1.